The van der Waals surface area contributed by atoms with Crippen molar-refractivity contribution in [2.24, 2.45) is 0 Å². The summed E-state index contributed by atoms with van der Waals surface area (Å²) in [6, 6.07) is 6.78. The monoisotopic (exact) mass is 636 g/mol. The Balaban J connectivity index is 1.43. The zero-order valence-electron chi connectivity index (χ0n) is 23.7. The first-order valence-corrected chi connectivity index (χ1v) is 14.2. The quantitative estimate of drug-likeness (QED) is 0.154. The molecule has 44 heavy (non-hydrogen) atoms. The van der Waals surface area contributed by atoms with E-state index in [1.807, 2.05) is 6.07 Å². The number of rotatable bonds is 11. The molecule has 12 heteroatoms. The van der Waals surface area contributed by atoms with E-state index in [1.54, 1.807) is 6.07 Å². The number of unbranched alkanes of at least 4 members (excludes halogenated alkanes) is 1. The average Bonchev–Trinajstić information content (AvgIpc) is 2.90. The van der Waals surface area contributed by atoms with Crippen LogP contribution < -0.4 is 0 Å². The Bertz CT molecular complexity index is 1400. The fourth-order valence-electron chi connectivity index (χ4n) is 5.49. The highest BCUT2D eigenvalue weighted by Crippen LogP contribution is 2.41. The molecule has 0 bridgehead atoms. The Hall–Kier alpha value is -3.12. The van der Waals surface area contributed by atoms with Gasteiger partial charge in [0, 0.05) is 6.61 Å². The molecule has 2 nitrogen and oxygen atoms in total. The summed E-state index contributed by atoms with van der Waals surface area (Å²) in [6.07, 6.45) is -5.46. The summed E-state index contributed by atoms with van der Waals surface area (Å²) in [5.41, 5.74) is -2.95. The number of benzene rings is 3. The molecule has 1 fully saturated rings. The van der Waals surface area contributed by atoms with Gasteiger partial charge in [0.1, 0.15) is 34.6 Å². The zero-order chi connectivity index (χ0) is 32.2. The van der Waals surface area contributed by atoms with E-state index in [0.29, 0.717) is 5.56 Å². The van der Waals surface area contributed by atoms with Crippen molar-refractivity contribution in [1.82, 2.24) is 0 Å². The van der Waals surface area contributed by atoms with Crippen molar-refractivity contribution in [3.05, 3.63) is 93.8 Å². The predicted molar refractivity (Wildman–Crippen MR) is 142 cm³/mol. The maximum atomic E-state index is 14.9. The average molecular weight is 637 g/mol. The van der Waals surface area contributed by atoms with Crippen molar-refractivity contribution < 1.29 is 53.4 Å². The molecule has 3 aromatic rings. The van der Waals surface area contributed by atoms with E-state index >= 15 is 0 Å². The van der Waals surface area contributed by atoms with Gasteiger partial charge < -0.3 is 4.74 Å². The fraction of sp³-hybridized carbons (Fsp3) is 0.438. The largest absolute Gasteiger partial charge is 0.527 e. The van der Waals surface area contributed by atoms with Gasteiger partial charge in [-0.05, 0) is 103 Å². The first-order chi connectivity index (χ1) is 20.7. The Morgan fingerprint density at radius 1 is 0.727 bits per heavy atom. The summed E-state index contributed by atoms with van der Waals surface area (Å²) in [5, 5.41) is 0. The minimum Gasteiger partial charge on any atom is -0.378 e. The topological polar surface area (TPSA) is 18.5 Å². The van der Waals surface area contributed by atoms with Crippen molar-refractivity contribution >= 4 is 0 Å². The summed E-state index contributed by atoms with van der Waals surface area (Å²) in [6.45, 7) is 2.84. The lowest BCUT2D eigenvalue weighted by Gasteiger charge is -2.29. The molecule has 0 N–H and O–H groups in total. The van der Waals surface area contributed by atoms with Gasteiger partial charge in [0.05, 0.1) is 11.7 Å². The van der Waals surface area contributed by atoms with Crippen molar-refractivity contribution in [2.45, 2.75) is 82.8 Å². The first-order valence-electron chi connectivity index (χ1n) is 14.2. The van der Waals surface area contributed by atoms with Gasteiger partial charge in [-0.1, -0.05) is 25.5 Å². The highest BCUT2D eigenvalue weighted by molar-refractivity contribution is 5.66. The lowest BCUT2D eigenvalue weighted by molar-refractivity contribution is -0.432. The first kappa shape index (κ1) is 33.8. The van der Waals surface area contributed by atoms with Crippen molar-refractivity contribution in [3.63, 3.8) is 0 Å². The molecule has 1 saturated carbocycles. The van der Waals surface area contributed by atoms with Crippen LogP contribution in [0.1, 0.15) is 73.6 Å². The Morgan fingerprint density at radius 2 is 1.34 bits per heavy atom. The smallest absolute Gasteiger partial charge is 0.378 e. The standard InChI is InChI=1S/C32H30F10O2/c1-2-3-12-43-23-10-8-19(9-11-23)21-7-6-20(24(33)15-21)5-4-18-13-25(34)29(26(35)14-18)22-16-27(36)30(28(37)17-22)31(38,39)44-32(40,41)42/h6-7,13-17,19,23H,2-5,8-12H2,1H3. The predicted octanol–water partition coefficient (Wildman–Crippen LogP) is 10.3. The van der Waals surface area contributed by atoms with Crippen LogP contribution in [-0.4, -0.2) is 19.1 Å². The van der Waals surface area contributed by atoms with Gasteiger partial charge in [0.25, 0.3) is 0 Å². The molecule has 0 atom stereocenters. The third-order valence-electron chi connectivity index (χ3n) is 7.72. The summed E-state index contributed by atoms with van der Waals surface area (Å²) in [7, 11) is 0. The third kappa shape index (κ3) is 8.32. The minimum absolute atomic E-state index is 0.00669. The maximum Gasteiger partial charge on any atom is 0.527 e. The van der Waals surface area contributed by atoms with Crippen molar-refractivity contribution in [1.29, 1.82) is 0 Å². The molecule has 0 amide bonds. The number of alkyl halides is 5. The van der Waals surface area contributed by atoms with E-state index in [-0.39, 0.29) is 42.6 Å². The van der Waals surface area contributed by atoms with Gasteiger partial charge in [-0.15, -0.1) is 13.2 Å². The molecule has 1 aliphatic carbocycles. The molecule has 1 aliphatic rings. The van der Waals surface area contributed by atoms with Gasteiger partial charge >= 0.3 is 12.5 Å². The molecule has 0 aromatic heterocycles. The van der Waals surface area contributed by atoms with Crippen LogP contribution >= 0.6 is 0 Å². The number of halogens is 10. The normalized spacial score (nSPS) is 17.7. The number of hydrogen-bond acceptors (Lipinski definition) is 2. The van der Waals surface area contributed by atoms with Crippen LogP contribution in [-0.2, 0) is 28.4 Å². The van der Waals surface area contributed by atoms with Crippen LogP contribution in [0, 0.1) is 29.1 Å². The molecule has 0 spiro atoms. The molecule has 3 aromatic carbocycles. The van der Waals surface area contributed by atoms with Crippen LogP contribution in [0.2, 0.25) is 0 Å². The summed E-state index contributed by atoms with van der Waals surface area (Å²) in [4.78, 5) is 0. The van der Waals surface area contributed by atoms with Crippen molar-refractivity contribution in [2.75, 3.05) is 6.61 Å². The van der Waals surface area contributed by atoms with Gasteiger partial charge in [-0.3, -0.25) is 0 Å². The van der Waals surface area contributed by atoms with Crippen molar-refractivity contribution in [3.8, 4) is 11.1 Å². The Labute approximate surface area is 248 Å². The molecule has 0 unspecified atom stereocenters. The van der Waals surface area contributed by atoms with E-state index in [1.165, 1.54) is 6.07 Å². The van der Waals surface area contributed by atoms with Crippen LogP contribution in [0.25, 0.3) is 11.1 Å². The van der Waals surface area contributed by atoms with Gasteiger partial charge in [0.2, 0.25) is 0 Å². The molecule has 0 radical (unpaired) electrons. The SMILES string of the molecule is CCCCOC1CCC(c2ccc(CCc3cc(F)c(-c4cc(F)c(C(F)(F)OC(F)(F)F)c(F)c4)c(F)c3)c(F)c2)CC1. The van der Waals surface area contributed by atoms with Crippen LogP contribution in [0.3, 0.4) is 0 Å². The number of aryl methyl sites for hydroxylation is 2. The van der Waals surface area contributed by atoms with Gasteiger partial charge in [-0.25, -0.2) is 26.7 Å². The van der Waals surface area contributed by atoms with Crippen LogP contribution in [0.15, 0.2) is 42.5 Å². The number of ether oxygens (including phenoxy) is 2. The Kier molecular flexibility index (Phi) is 10.7. The molecular formula is C32H30F10O2. The lowest BCUT2D eigenvalue weighted by Crippen LogP contribution is -2.29. The second-order valence-electron chi connectivity index (χ2n) is 10.9. The summed E-state index contributed by atoms with van der Waals surface area (Å²) >= 11 is 0. The molecular weight excluding hydrogens is 606 g/mol. The van der Waals surface area contributed by atoms with E-state index in [4.69, 9.17) is 4.74 Å². The summed E-state index contributed by atoms with van der Waals surface area (Å²) < 4.78 is 146. The fourth-order valence-corrected chi connectivity index (χ4v) is 5.49. The summed E-state index contributed by atoms with van der Waals surface area (Å²) in [5.74, 6) is -7.29. The third-order valence-corrected chi connectivity index (χ3v) is 7.72. The minimum atomic E-state index is -5.93. The molecule has 4 rings (SSSR count). The van der Waals surface area contributed by atoms with Gasteiger partial charge in [-0.2, -0.15) is 8.78 Å². The number of hydrogen-bond donors (Lipinski definition) is 0. The lowest BCUT2D eigenvalue weighted by atomic mass is 9.82. The second kappa shape index (κ2) is 13.9. The van der Waals surface area contributed by atoms with E-state index < -0.39 is 58.2 Å². The molecule has 0 saturated heterocycles. The van der Waals surface area contributed by atoms with Gasteiger partial charge in [0.15, 0.2) is 0 Å². The second-order valence-corrected chi connectivity index (χ2v) is 10.9. The van der Waals surface area contributed by atoms with E-state index in [2.05, 4.69) is 11.7 Å². The zero-order valence-corrected chi connectivity index (χ0v) is 23.7. The van der Waals surface area contributed by atoms with Crippen LogP contribution in [0.4, 0.5) is 43.9 Å². The van der Waals surface area contributed by atoms with E-state index in [0.717, 1.165) is 62.8 Å². The Morgan fingerprint density at radius 3 is 1.89 bits per heavy atom. The van der Waals surface area contributed by atoms with E-state index in [9.17, 15) is 43.9 Å². The molecule has 0 heterocycles. The highest BCUT2D eigenvalue weighted by atomic mass is 19.4. The van der Waals surface area contributed by atoms with Crippen LogP contribution in [0.5, 0.6) is 0 Å². The molecule has 240 valence electrons. The maximum absolute atomic E-state index is 14.9. The molecule has 0 aliphatic heterocycles. The highest BCUT2D eigenvalue weighted by Gasteiger charge is 2.49.